The largest absolute Gasteiger partial charge is 0.268 e. The average Bonchev–Trinajstić information content (AvgIpc) is 3.39. The zero-order chi connectivity index (χ0) is 22.3. The van der Waals surface area contributed by atoms with Crippen molar-refractivity contribution in [1.29, 1.82) is 21.0 Å². The fraction of sp³-hybridized carbons (Fsp3) is 0. The van der Waals surface area contributed by atoms with Crippen LogP contribution in [-0.4, -0.2) is 18.8 Å². The van der Waals surface area contributed by atoms with E-state index in [0.29, 0.717) is 21.5 Å². The smallest absolute Gasteiger partial charge is 0.265 e. The number of pyridine rings is 2. The van der Waals surface area contributed by atoms with Crippen LogP contribution in [0.5, 0.6) is 0 Å². The third-order valence-electron chi connectivity index (χ3n) is 5.69. The Morgan fingerprint density at radius 3 is 1.31 bits per heavy atom. The van der Waals surface area contributed by atoms with Crippen molar-refractivity contribution in [2.45, 2.75) is 0 Å². The highest BCUT2D eigenvalue weighted by molar-refractivity contribution is 6.27. The Bertz CT molecular complexity index is 1970. The predicted molar refractivity (Wildman–Crippen MR) is 110 cm³/mol. The summed E-state index contributed by atoms with van der Waals surface area (Å²) < 4.78 is 2.20. The molecule has 0 N–H and O–H groups in total. The van der Waals surface area contributed by atoms with Crippen molar-refractivity contribution >= 4 is 43.6 Å². The van der Waals surface area contributed by atoms with E-state index in [1.807, 2.05) is 24.3 Å². The minimum atomic E-state index is -0.543. The predicted octanol–water partition coefficient (Wildman–Crippen LogP) is 1.52. The summed E-state index contributed by atoms with van der Waals surface area (Å²) in [6, 6.07) is 13.7. The van der Waals surface area contributed by atoms with E-state index < -0.39 is 11.1 Å². The van der Waals surface area contributed by atoms with Crippen molar-refractivity contribution in [1.82, 2.24) is 18.8 Å². The molecule has 10 heteroatoms. The Labute approximate surface area is 175 Å². The molecule has 0 fully saturated rings. The molecule has 32 heavy (non-hydrogen) atoms. The first-order valence-corrected chi connectivity index (χ1v) is 9.11. The minimum absolute atomic E-state index is 0.135. The van der Waals surface area contributed by atoms with Gasteiger partial charge in [0.15, 0.2) is 22.8 Å². The van der Waals surface area contributed by atoms with Crippen LogP contribution in [0, 0.1) is 45.3 Å². The molecular formula is C22H4N8O2. The second kappa shape index (κ2) is 5.52. The van der Waals surface area contributed by atoms with Crippen LogP contribution < -0.4 is 11.1 Å². The molecule has 6 rings (SSSR count). The maximum atomic E-state index is 13.3. The number of hydrogen-bond acceptors (Lipinski definition) is 8. The van der Waals surface area contributed by atoms with Gasteiger partial charge < -0.3 is 0 Å². The van der Waals surface area contributed by atoms with Crippen LogP contribution in [0.25, 0.3) is 43.6 Å². The molecular weight excluding hydrogens is 408 g/mol. The maximum absolute atomic E-state index is 13.3. The molecule has 0 radical (unpaired) electrons. The van der Waals surface area contributed by atoms with Crippen LogP contribution >= 0.6 is 0 Å². The van der Waals surface area contributed by atoms with Gasteiger partial charge in [0.1, 0.15) is 35.6 Å². The van der Waals surface area contributed by atoms with Gasteiger partial charge in [-0.15, -0.1) is 0 Å². The van der Waals surface area contributed by atoms with Crippen LogP contribution in [0.1, 0.15) is 22.8 Å². The third kappa shape index (κ3) is 1.71. The molecule has 0 aliphatic carbocycles. The van der Waals surface area contributed by atoms with Crippen LogP contribution in [0.2, 0.25) is 0 Å². The quantitative estimate of drug-likeness (QED) is 0.339. The van der Waals surface area contributed by atoms with Gasteiger partial charge in [-0.05, 0) is 24.3 Å². The normalized spacial score (nSPS) is 11.2. The zero-order valence-corrected chi connectivity index (χ0v) is 15.7. The number of aromatic nitrogens is 4. The lowest BCUT2D eigenvalue weighted by Gasteiger charge is -2.11. The van der Waals surface area contributed by atoms with E-state index in [4.69, 9.17) is 0 Å². The molecule has 2 aromatic carbocycles. The van der Waals surface area contributed by atoms with Gasteiger partial charge in [0.05, 0.1) is 0 Å². The molecule has 4 aromatic heterocycles. The molecule has 0 atom stereocenters. The van der Waals surface area contributed by atoms with E-state index in [1.54, 1.807) is 12.1 Å². The Morgan fingerprint density at radius 2 is 0.969 bits per heavy atom. The number of imidazole rings is 2. The second-order valence-corrected chi connectivity index (χ2v) is 7.06. The molecule has 0 bridgehead atoms. The average molecular weight is 412 g/mol. The first-order chi connectivity index (χ1) is 15.5. The summed E-state index contributed by atoms with van der Waals surface area (Å²) in [6.45, 7) is 0. The Morgan fingerprint density at radius 1 is 0.594 bits per heavy atom. The van der Waals surface area contributed by atoms with E-state index >= 15 is 0 Å². The Hall–Kier alpha value is -5.58. The lowest BCUT2D eigenvalue weighted by molar-refractivity contribution is 1.11. The summed E-state index contributed by atoms with van der Waals surface area (Å²) in [5.41, 5.74) is -1.47. The van der Waals surface area contributed by atoms with Crippen LogP contribution in [0.15, 0.2) is 33.9 Å². The molecule has 0 saturated heterocycles. The van der Waals surface area contributed by atoms with E-state index in [2.05, 4.69) is 9.97 Å². The molecule has 0 amide bonds. The Kier molecular flexibility index (Phi) is 2.98. The van der Waals surface area contributed by atoms with Crippen molar-refractivity contribution in [3.63, 3.8) is 0 Å². The first-order valence-electron chi connectivity index (χ1n) is 9.11. The van der Waals surface area contributed by atoms with Gasteiger partial charge in [-0.3, -0.25) is 9.59 Å². The summed E-state index contributed by atoms with van der Waals surface area (Å²) in [6.07, 6.45) is 0. The third-order valence-corrected chi connectivity index (χ3v) is 5.69. The number of nitriles is 4. The number of fused-ring (bicyclic) bond motifs is 4. The van der Waals surface area contributed by atoms with Gasteiger partial charge >= 0.3 is 0 Å². The SMILES string of the molecule is N#Cc1nc2c3ccc4c(=O)n5c(C#N)c(C#N)nc5c5ccc(c(=O)n2c1C#N)c3c45. The van der Waals surface area contributed by atoms with Gasteiger partial charge in [-0.1, -0.05) is 0 Å². The molecule has 6 aromatic rings. The zero-order valence-electron chi connectivity index (χ0n) is 15.7. The van der Waals surface area contributed by atoms with Gasteiger partial charge in [-0.25, -0.2) is 18.8 Å². The molecule has 4 heterocycles. The standard InChI is InChI=1S/C22H4N8O2/c23-5-13-15(7-25)29-19(27-13)9-1-3-11-18-10(2-4-12(17(9)18)22(29)32)20-28-14(6-24)16(8-26)30(20)21(11)31/h1-4H. The highest BCUT2D eigenvalue weighted by atomic mass is 16.1. The van der Waals surface area contributed by atoms with Crippen molar-refractivity contribution in [3.05, 3.63) is 67.7 Å². The molecule has 10 nitrogen and oxygen atoms in total. The summed E-state index contributed by atoms with van der Waals surface area (Å²) in [5, 5.41) is 40.0. The Balaban J connectivity index is 2.00. The van der Waals surface area contributed by atoms with E-state index in [0.717, 1.165) is 8.80 Å². The topological polar surface area (TPSA) is 164 Å². The molecule has 144 valence electrons. The van der Waals surface area contributed by atoms with Crippen LogP contribution in [0.3, 0.4) is 0 Å². The first kappa shape index (κ1) is 17.3. The maximum Gasteiger partial charge on any atom is 0.265 e. The van der Waals surface area contributed by atoms with Gasteiger partial charge in [-0.2, -0.15) is 21.0 Å². The number of hydrogen-bond donors (Lipinski definition) is 0. The van der Waals surface area contributed by atoms with Crippen molar-refractivity contribution in [2.24, 2.45) is 0 Å². The monoisotopic (exact) mass is 412 g/mol. The fourth-order valence-corrected chi connectivity index (χ4v) is 4.43. The van der Waals surface area contributed by atoms with E-state index in [9.17, 15) is 30.6 Å². The lowest BCUT2D eigenvalue weighted by atomic mass is 9.96. The molecule has 0 unspecified atom stereocenters. The van der Waals surface area contributed by atoms with Crippen molar-refractivity contribution in [2.75, 3.05) is 0 Å². The number of nitrogens with zero attached hydrogens (tertiary/aromatic N) is 8. The molecule has 0 spiro atoms. The van der Waals surface area contributed by atoms with Crippen LogP contribution in [0.4, 0.5) is 0 Å². The fourth-order valence-electron chi connectivity index (χ4n) is 4.43. The molecule has 0 aliphatic rings. The summed E-state index contributed by atoms with van der Waals surface area (Å²) >= 11 is 0. The van der Waals surface area contributed by atoms with Gasteiger partial charge in [0, 0.05) is 32.3 Å². The molecule has 0 saturated carbocycles. The van der Waals surface area contributed by atoms with Gasteiger partial charge in [0.25, 0.3) is 11.1 Å². The summed E-state index contributed by atoms with van der Waals surface area (Å²) in [5.74, 6) is 0. The van der Waals surface area contributed by atoms with Crippen molar-refractivity contribution in [3.8, 4) is 24.3 Å². The molecule has 0 aliphatic heterocycles. The lowest BCUT2D eigenvalue weighted by Crippen LogP contribution is -2.18. The number of rotatable bonds is 0. The summed E-state index contributed by atoms with van der Waals surface area (Å²) in [7, 11) is 0. The summed E-state index contributed by atoms with van der Waals surface area (Å²) in [4.78, 5) is 34.9. The second-order valence-electron chi connectivity index (χ2n) is 7.06. The highest BCUT2D eigenvalue weighted by Crippen LogP contribution is 2.35. The minimum Gasteiger partial charge on any atom is -0.268 e. The van der Waals surface area contributed by atoms with Crippen LogP contribution in [-0.2, 0) is 0 Å². The van der Waals surface area contributed by atoms with E-state index in [1.165, 1.54) is 12.1 Å². The van der Waals surface area contributed by atoms with E-state index in [-0.39, 0.29) is 44.8 Å². The van der Waals surface area contributed by atoms with Gasteiger partial charge in [0.2, 0.25) is 0 Å². The van der Waals surface area contributed by atoms with Crippen molar-refractivity contribution < 1.29 is 0 Å². The number of benzene rings is 2. The highest BCUT2D eigenvalue weighted by Gasteiger charge is 2.25.